The Morgan fingerprint density at radius 2 is 2.44 bits per heavy atom. The van der Waals surface area contributed by atoms with Crippen molar-refractivity contribution in [3.63, 3.8) is 0 Å². The Morgan fingerprint density at radius 3 is 3.06 bits per heavy atom. The monoisotopic (exact) mass is 269 g/mol. The number of thioether (sulfide) groups is 1. The van der Waals surface area contributed by atoms with E-state index in [0.717, 1.165) is 18.1 Å². The van der Waals surface area contributed by atoms with Crippen molar-refractivity contribution < 1.29 is 4.92 Å². The Hall–Kier alpha value is -1.57. The van der Waals surface area contributed by atoms with Gasteiger partial charge in [-0.1, -0.05) is 0 Å². The zero-order valence-electron chi connectivity index (χ0n) is 10.3. The van der Waals surface area contributed by atoms with E-state index in [-0.39, 0.29) is 11.7 Å². The van der Waals surface area contributed by atoms with E-state index in [4.69, 9.17) is 0 Å². The molecule has 1 unspecified atom stereocenters. The van der Waals surface area contributed by atoms with Gasteiger partial charge in [0.25, 0.3) is 0 Å². The third kappa shape index (κ3) is 2.47. The molecule has 0 aliphatic carbocycles. The van der Waals surface area contributed by atoms with Gasteiger partial charge in [0.1, 0.15) is 6.20 Å². The van der Waals surface area contributed by atoms with Crippen LogP contribution in [0.2, 0.25) is 0 Å². The molecule has 18 heavy (non-hydrogen) atoms. The highest BCUT2D eigenvalue weighted by Crippen LogP contribution is 2.30. The van der Waals surface area contributed by atoms with Crippen LogP contribution in [0.5, 0.6) is 0 Å². The molecule has 1 aliphatic heterocycles. The number of aromatic nitrogens is 2. The molecule has 0 saturated carbocycles. The molecule has 1 atom stereocenters. The first-order valence-corrected chi connectivity index (χ1v) is 6.82. The van der Waals surface area contributed by atoms with Crippen LogP contribution in [0.15, 0.2) is 6.20 Å². The molecule has 1 fully saturated rings. The molecule has 1 aromatic rings. The van der Waals surface area contributed by atoms with E-state index in [1.165, 1.54) is 6.20 Å². The first-order valence-electron chi connectivity index (χ1n) is 5.67. The number of anilines is 2. The van der Waals surface area contributed by atoms with Crippen LogP contribution in [-0.4, -0.2) is 46.0 Å². The number of hydrogen-bond acceptors (Lipinski definition) is 7. The molecule has 2 rings (SSSR count). The summed E-state index contributed by atoms with van der Waals surface area (Å²) in [6.07, 6.45) is 1.27. The summed E-state index contributed by atoms with van der Waals surface area (Å²) in [5, 5.41) is 13.9. The third-order valence-electron chi connectivity index (χ3n) is 2.81. The van der Waals surface area contributed by atoms with Crippen LogP contribution in [0.1, 0.15) is 6.92 Å². The van der Waals surface area contributed by atoms with Gasteiger partial charge >= 0.3 is 5.69 Å². The fourth-order valence-electron chi connectivity index (χ4n) is 1.87. The van der Waals surface area contributed by atoms with Gasteiger partial charge in [-0.05, 0) is 6.92 Å². The normalized spacial score (nSPS) is 19.7. The molecule has 0 amide bonds. The van der Waals surface area contributed by atoms with Crippen LogP contribution < -0.4 is 10.2 Å². The Kier molecular flexibility index (Phi) is 3.85. The minimum atomic E-state index is -0.427. The maximum Gasteiger partial charge on any atom is 0.329 e. The average Bonchev–Trinajstić information content (AvgIpc) is 2.38. The van der Waals surface area contributed by atoms with Gasteiger partial charge in [0.2, 0.25) is 11.8 Å². The van der Waals surface area contributed by atoms with Gasteiger partial charge in [0, 0.05) is 31.1 Å². The number of rotatable bonds is 3. The predicted octanol–water partition coefficient (Wildman–Crippen LogP) is 1.37. The van der Waals surface area contributed by atoms with Crippen molar-refractivity contribution in [3.05, 3.63) is 16.3 Å². The van der Waals surface area contributed by atoms with E-state index in [0.29, 0.717) is 11.8 Å². The lowest BCUT2D eigenvalue weighted by Gasteiger charge is -2.33. The van der Waals surface area contributed by atoms with Gasteiger partial charge in [-0.2, -0.15) is 16.7 Å². The predicted molar refractivity (Wildman–Crippen MR) is 72.4 cm³/mol. The topological polar surface area (TPSA) is 84.2 Å². The Bertz CT molecular complexity index is 456. The van der Waals surface area contributed by atoms with Crippen LogP contribution in [0, 0.1) is 10.1 Å². The molecule has 1 saturated heterocycles. The smallest absolute Gasteiger partial charge is 0.329 e. The summed E-state index contributed by atoms with van der Waals surface area (Å²) in [5.41, 5.74) is -0.0345. The molecular weight excluding hydrogens is 254 g/mol. The average molecular weight is 269 g/mol. The van der Waals surface area contributed by atoms with E-state index in [1.807, 2.05) is 16.7 Å². The van der Waals surface area contributed by atoms with Crippen LogP contribution in [0.4, 0.5) is 17.5 Å². The van der Waals surface area contributed by atoms with E-state index in [2.05, 4.69) is 22.2 Å². The van der Waals surface area contributed by atoms with E-state index >= 15 is 0 Å². The summed E-state index contributed by atoms with van der Waals surface area (Å²) >= 11 is 1.86. The Morgan fingerprint density at radius 1 is 1.67 bits per heavy atom. The standard InChI is InChI=1S/C10H15N5O2S/c1-7-6-18-4-3-14(7)9-8(15(16)17)5-12-10(11-2)13-9/h5,7H,3-4,6H2,1-2H3,(H,11,12,13). The zero-order chi connectivity index (χ0) is 13.1. The van der Waals surface area contributed by atoms with Gasteiger partial charge in [-0.25, -0.2) is 4.98 Å². The van der Waals surface area contributed by atoms with Crippen molar-refractivity contribution in [2.75, 3.05) is 35.3 Å². The second-order valence-corrected chi connectivity index (χ2v) is 5.18. The van der Waals surface area contributed by atoms with E-state index in [9.17, 15) is 10.1 Å². The summed E-state index contributed by atoms with van der Waals surface area (Å²) < 4.78 is 0. The second kappa shape index (κ2) is 5.38. The SMILES string of the molecule is CNc1ncc([N+](=O)[O-])c(N2CCSCC2C)n1. The van der Waals surface area contributed by atoms with Crippen LogP contribution in [0.25, 0.3) is 0 Å². The number of hydrogen-bond donors (Lipinski definition) is 1. The van der Waals surface area contributed by atoms with Crippen molar-refractivity contribution in [2.45, 2.75) is 13.0 Å². The minimum Gasteiger partial charge on any atom is -0.357 e. The number of nitrogens with zero attached hydrogens (tertiary/aromatic N) is 4. The van der Waals surface area contributed by atoms with Crippen LogP contribution in [-0.2, 0) is 0 Å². The van der Waals surface area contributed by atoms with Crippen molar-refractivity contribution in [3.8, 4) is 0 Å². The number of nitrogens with one attached hydrogen (secondary N) is 1. The molecule has 0 spiro atoms. The first kappa shape index (κ1) is 12.9. The van der Waals surface area contributed by atoms with Gasteiger partial charge < -0.3 is 10.2 Å². The fraction of sp³-hybridized carbons (Fsp3) is 0.600. The highest BCUT2D eigenvalue weighted by atomic mass is 32.2. The second-order valence-electron chi connectivity index (χ2n) is 4.03. The minimum absolute atomic E-state index is 0.0345. The third-order valence-corrected chi connectivity index (χ3v) is 4.00. The van der Waals surface area contributed by atoms with E-state index in [1.54, 1.807) is 7.05 Å². The molecule has 0 bridgehead atoms. The highest BCUT2D eigenvalue weighted by molar-refractivity contribution is 7.99. The van der Waals surface area contributed by atoms with Crippen molar-refractivity contribution >= 4 is 29.2 Å². The summed E-state index contributed by atoms with van der Waals surface area (Å²) in [4.78, 5) is 20.7. The van der Waals surface area contributed by atoms with E-state index < -0.39 is 4.92 Å². The Balaban J connectivity index is 2.42. The molecular formula is C10H15N5O2S. The summed E-state index contributed by atoms with van der Waals surface area (Å²) in [6, 6.07) is 0.238. The van der Waals surface area contributed by atoms with Gasteiger partial charge in [-0.3, -0.25) is 10.1 Å². The molecule has 98 valence electrons. The molecule has 2 heterocycles. The zero-order valence-corrected chi connectivity index (χ0v) is 11.1. The van der Waals surface area contributed by atoms with Gasteiger partial charge in [0.15, 0.2) is 0 Å². The van der Waals surface area contributed by atoms with Gasteiger partial charge in [0.05, 0.1) is 4.92 Å². The maximum atomic E-state index is 11.0. The van der Waals surface area contributed by atoms with Crippen LogP contribution in [0.3, 0.4) is 0 Å². The Labute approximate surface area is 109 Å². The summed E-state index contributed by atoms with van der Waals surface area (Å²) in [5.74, 6) is 2.73. The first-order chi connectivity index (χ1) is 8.63. The fourth-order valence-corrected chi connectivity index (χ4v) is 2.88. The maximum absolute atomic E-state index is 11.0. The largest absolute Gasteiger partial charge is 0.357 e. The van der Waals surface area contributed by atoms with Crippen molar-refractivity contribution in [1.82, 2.24) is 9.97 Å². The molecule has 7 nitrogen and oxygen atoms in total. The summed E-state index contributed by atoms with van der Waals surface area (Å²) in [6.45, 7) is 2.82. The highest BCUT2D eigenvalue weighted by Gasteiger charge is 2.28. The quantitative estimate of drug-likeness (QED) is 0.655. The van der Waals surface area contributed by atoms with Crippen molar-refractivity contribution in [2.24, 2.45) is 0 Å². The lowest BCUT2D eigenvalue weighted by Crippen LogP contribution is -2.41. The lowest BCUT2D eigenvalue weighted by molar-refractivity contribution is -0.384. The molecule has 1 aliphatic rings. The molecule has 0 aromatic carbocycles. The molecule has 1 N–H and O–H groups in total. The number of nitro groups is 1. The lowest BCUT2D eigenvalue weighted by atomic mass is 10.3. The van der Waals surface area contributed by atoms with Crippen LogP contribution >= 0.6 is 11.8 Å². The molecule has 1 aromatic heterocycles. The molecule has 8 heteroatoms. The van der Waals surface area contributed by atoms with Crippen molar-refractivity contribution in [1.29, 1.82) is 0 Å². The summed E-state index contributed by atoms with van der Waals surface area (Å²) in [7, 11) is 1.69. The molecule has 0 radical (unpaired) electrons. The van der Waals surface area contributed by atoms with Gasteiger partial charge in [-0.15, -0.1) is 0 Å².